The highest BCUT2D eigenvalue weighted by Gasteiger charge is 2.17. The molecule has 2 heterocycles. The first kappa shape index (κ1) is 18.8. The van der Waals surface area contributed by atoms with Gasteiger partial charge in [0, 0.05) is 44.5 Å². The maximum Gasteiger partial charge on any atom is 0.193 e. The molecule has 0 aliphatic carbocycles. The zero-order valence-electron chi connectivity index (χ0n) is 15.0. The molecule has 132 valence electrons. The summed E-state index contributed by atoms with van der Waals surface area (Å²) in [4.78, 5) is 10.1. The predicted octanol–water partition coefficient (Wildman–Crippen LogP) is 3.05. The van der Waals surface area contributed by atoms with Gasteiger partial charge < -0.3 is 19.7 Å². The van der Waals surface area contributed by atoms with E-state index in [1.165, 1.54) is 4.88 Å². The number of likely N-dealkylation sites (N-methyl/N-ethyl adjacent to an activating group) is 1. The first-order valence-electron chi connectivity index (χ1n) is 7.84. The Balaban J connectivity index is 1.99. The van der Waals surface area contributed by atoms with Crippen LogP contribution in [-0.4, -0.2) is 55.1 Å². The van der Waals surface area contributed by atoms with E-state index in [1.54, 1.807) is 11.3 Å². The molecule has 1 unspecified atom stereocenters. The van der Waals surface area contributed by atoms with E-state index in [2.05, 4.69) is 51.7 Å². The average molecular weight is 368 g/mol. The summed E-state index contributed by atoms with van der Waals surface area (Å²) in [5.41, 5.74) is 1.15. The zero-order valence-corrected chi connectivity index (χ0v) is 16.5. The van der Waals surface area contributed by atoms with Crippen LogP contribution in [0.1, 0.15) is 16.6 Å². The van der Waals surface area contributed by atoms with Crippen LogP contribution < -0.4 is 5.32 Å². The fraction of sp³-hybridized carbons (Fsp3) is 0.471. The minimum Gasteiger partial charge on any atom is -0.354 e. The average Bonchev–Trinajstić information content (AvgIpc) is 3.13. The van der Waals surface area contributed by atoms with E-state index in [-0.39, 0.29) is 0 Å². The molecule has 0 aliphatic rings. The van der Waals surface area contributed by atoms with Gasteiger partial charge in [-0.05, 0) is 31.6 Å². The summed E-state index contributed by atoms with van der Waals surface area (Å²) < 4.78 is 2.04. The van der Waals surface area contributed by atoms with Gasteiger partial charge in [0.1, 0.15) is 0 Å². The van der Waals surface area contributed by atoms with Gasteiger partial charge >= 0.3 is 0 Å². The SMILES string of the molecule is CN=C(NCC(c1cccs1)N(C)C)N(C)Cc1cc(Cl)cn1C. The largest absolute Gasteiger partial charge is 0.354 e. The van der Waals surface area contributed by atoms with Gasteiger partial charge in [0.05, 0.1) is 17.6 Å². The molecule has 5 nitrogen and oxygen atoms in total. The minimum absolute atomic E-state index is 0.319. The van der Waals surface area contributed by atoms with Crippen molar-refractivity contribution in [2.75, 3.05) is 34.7 Å². The van der Waals surface area contributed by atoms with Crippen LogP contribution in [0.15, 0.2) is 34.8 Å². The number of hydrogen-bond acceptors (Lipinski definition) is 3. The third-order valence-corrected chi connectivity index (χ3v) is 5.18. The molecule has 0 fully saturated rings. The topological polar surface area (TPSA) is 35.8 Å². The molecule has 2 rings (SSSR count). The van der Waals surface area contributed by atoms with E-state index >= 15 is 0 Å². The number of nitrogens with zero attached hydrogens (tertiary/aromatic N) is 4. The van der Waals surface area contributed by atoms with Gasteiger partial charge in [-0.1, -0.05) is 17.7 Å². The fourth-order valence-electron chi connectivity index (χ4n) is 2.63. The molecule has 1 N–H and O–H groups in total. The maximum absolute atomic E-state index is 6.07. The smallest absolute Gasteiger partial charge is 0.193 e. The van der Waals surface area contributed by atoms with Gasteiger partial charge in [-0.25, -0.2) is 0 Å². The minimum atomic E-state index is 0.319. The van der Waals surface area contributed by atoms with Crippen LogP contribution in [0.4, 0.5) is 0 Å². The van der Waals surface area contributed by atoms with Crippen molar-refractivity contribution in [3.63, 3.8) is 0 Å². The van der Waals surface area contributed by atoms with Gasteiger partial charge in [0.25, 0.3) is 0 Å². The number of rotatable bonds is 6. The van der Waals surface area contributed by atoms with E-state index < -0.39 is 0 Å². The molecule has 0 radical (unpaired) electrons. The van der Waals surface area contributed by atoms with E-state index in [0.29, 0.717) is 6.04 Å². The molecule has 2 aromatic heterocycles. The number of halogens is 1. The van der Waals surface area contributed by atoms with E-state index in [4.69, 9.17) is 11.6 Å². The lowest BCUT2D eigenvalue weighted by Gasteiger charge is -2.27. The Morgan fingerprint density at radius 2 is 2.17 bits per heavy atom. The normalized spacial score (nSPS) is 13.4. The Hall–Kier alpha value is -1.50. The predicted molar refractivity (Wildman–Crippen MR) is 104 cm³/mol. The molecule has 0 amide bonds. The van der Waals surface area contributed by atoms with Crippen LogP contribution in [0, 0.1) is 0 Å². The fourth-order valence-corrected chi connectivity index (χ4v) is 3.83. The van der Waals surface area contributed by atoms with Gasteiger partial charge in [0.15, 0.2) is 5.96 Å². The summed E-state index contributed by atoms with van der Waals surface area (Å²) in [6.45, 7) is 1.55. The highest BCUT2D eigenvalue weighted by atomic mass is 35.5. The van der Waals surface area contributed by atoms with Crippen molar-refractivity contribution < 1.29 is 0 Å². The van der Waals surface area contributed by atoms with Crippen molar-refractivity contribution in [3.8, 4) is 0 Å². The molecule has 0 aromatic carbocycles. The second-order valence-electron chi connectivity index (χ2n) is 6.04. The highest BCUT2D eigenvalue weighted by molar-refractivity contribution is 7.10. The van der Waals surface area contributed by atoms with Crippen LogP contribution >= 0.6 is 22.9 Å². The maximum atomic E-state index is 6.07. The standard InChI is InChI=1S/C17H26ClN5S/c1-19-17(23(5)12-14-9-13(18)11-22(14)4)20-10-15(21(2)3)16-7-6-8-24-16/h6-9,11,15H,10,12H2,1-5H3,(H,19,20). The third-order valence-electron chi connectivity index (χ3n) is 4.00. The molecular formula is C17H26ClN5S. The number of guanidine groups is 1. The molecule has 7 heteroatoms. The van der Waals surface area contributed by atoms with Crippen molar-refractivity contribution in [2.24, 2.45) is 12.0 Å². The van der Waals surface area contributed by atoms with Gasteiger partial charge in [-0.2, -0.15) is 0 Å². The van der Waals surface area contributed by atoms with Crippen LogP contribution in [-0.2, 0) is 13.6 Å². The lowest BCUT2D eigenvalue weighted by Crippen LogP contribution is -2.42. The quantitative estimate of drug-likeness (QED) is 0.629. The lowest BCUT2D eigenvalue weighted by molar-refractivity contribution is 0.299. The Bertz CT molecular complexity index is 663. The first-order chi connectivity index (χ1) is 11.4. The van der Waals surface area contributed by atoms with Crippen molar-refractivity contribution in [1.29, 1.82) is 0 Å². The van der Waals surface area contributed by atoms with Crippen molar-refractivity contribution >= 4 is 28.9 Å². The molecule has 0 bridgehead atoms. The molecule has 24 heavy (non-hydrogen) atoms. The summed E-state index contributed by atoms with van der Waals surface area (Å²) >= 11 is 7.85. The molecule has 2 aromatic rings. The third kappa shape index (κ3) is 4.75. The lowest BCUT2D eigenvalue weighted by atomic mass is 10.2. The van der Waals surface area contributed by atoms with Gasteiger partial charge in [-0.15, -0.1) is 11.3 Å². The first-order valence-corrected chi connectivity index (χ1v) is 9.10. The molecule has 0 spiro atoms. The van der Waals surface area contributed by atoms with Crippen LogP contribution in [0.2, 0.25) is 5.02 Å². The zero-order chi connectivity index (χ0) is 17.7. The van der Waals surface area contributed by atoms with Crippen LogP contribution in [0.5, 0.6) is 0 Å². The van der Waals surface area contributed by atoms with Gasteiger partial charge in [-0.3, -0.25) is 4.99 Å². The van der Waals surface area contributed by atoms with Crippen molar-refractivity contribution in [1.82, 2.24) is 19.7 Å². The summed E-state index contributed by atoms with van der Waals surface area (Å²) in [5, 5.41) is 6.36. The Kier molecular flexibility index (Phi) is 6.71. The second kappa shape index (κ2) is 8.55. The molecule has 0 saturated carbocycles. The number of nitrogens with one attached hydrogen (secondary N) is 1. The summed E-state index contributed by atoms with van der Waals surface area (Å²) in [5.74, 6) is 0.871. The number of aliphatic imine (C=N–C) groups is 1. The molecule has 0 aliphatic heterocycles. The van der Waals surface area contributed by atoms with Crippen LogP contribution in [0.3, 0.4) is 0 Å². The Morgan fingerprint density at radius 1 is 1.42 bits per heavy atom. The number of hydrogen-bond donors (Lipinski definition) is 1. The Labute approximate surface area is 153 Å². The van der Waals surface area contributed by atoms with Gasteiger partial charge in [0.2, 0.25) is 0 Å². The summed E-state index contributed by atoms with van der Waals surface area (Å²) in [7, 11) is 10.1. The number of thiophene rings is 1. The van der Waals surface area contributed by atoms with E-state index in [0.717, 1.165) is 29.8 Å². The summed E-state index contributed by atoms with van der Waals surface area (Å²) in [6, 6.07) is 6.57. The number of aromatic nitrogens is 1. The highest BCUT2D eigenvalue weighted by Crippen LogP contribution is 2.22. The Morgan fingerprint density at radius 3 is 2.67 bits per heavy atom. The van der Waals surface area contributed by atoms with Crippen LogP contribution in [0.25, 0.3) is 0 Å². The van der Waals surface area contributed by atoms with Crippen molar-refractivity contribution in [3.05, 3.63) is 45.4 Å². The second-order valence-corrected chi connectivity index (χ2v) is 7.46. The molecule has 1 atom stereocenters. The van der Waals surface area contributed by atoms with E-state index in [1.807, 2.05) is 38.0 Å². The summed E-state index contributed by atoms with van der Waals surface area (Å²) in [6.07, 6.45) is 1.92. The van der Waals surface area contributed by atoms with Crippen molar-refractivity contribution in [2.45, 2.75) is 12.6 Å². The number of aryl methyl sites for hydroxylation is 1. The molecule has 0 saturated heterocycles. The van der Waals surface area contributed by atoms with E-state index in [9.17, 15) is 0 Å². The monoisotopic (exact) mass is 367 g/mol. The molecular weight excluding hydrogens is 342 g/mol.